The lowest BCUT2D eigenvalue weighted by atomic mass is 9.85. The van der Waals surface area contributed by atoms with Crippen LogP contribution in [0.1, 0.15) is 29.8 Å². The largest absolute Gasteiger partial charge is 0.396 e. The van der Waals surface area contributed by atoms with Crippen molar-refractivity contribution in [2.24, 2.45) is 17.8 Å². The Morgan fingerprint density at radius 1 is 1.42 bits per heavy atom. The second kappa shape index (κ2) is 5.10. The molecular formula is C14H17ClN2O2. The molecule has 5 heteroatoms. The molecule has 0 radical (unpaired) electrons. The zero-order valence-corrected chi connectivity index (χ0v) is 11.3. The van der Waals surface area contributed by atoms with E-state index in [1.807, 2.05) is 0 Å². The summed E-state index contributed by atoms with van der Waals surface area (Å²) in [6, 6.07) is 3.38. The molecule has 2 bridgehead atoms. The molecule has 2 aliphatic carbocycles. The first kappa shape index (κ1) is 12.9. The monoisotopic (exact) mass is 280 g/mol. The number of pyridine rings is 1. The number of rotatable bonds is 3. The Morgan fingerprint density at radius 3 is 2.89 bits per heavy atom. The van der Waals surface area contributed by atoms with Crippen molar-refractivity contribution in [3.63, 3.8) is 0 Å². The van der Waals surface area contributed by atoms with E-state index in [4.69, 9.17) is 11.6 Å². The highest BCUT2D eigenvalue weighted by atomic mass is 35.5. The van der Waals surface area contributed by atoms with Crippen LogP contribution in [0.3, 0.4) is 0 Å². The summed E-state index contributed by atoms with van der Waals surface area (Å²) in [5.41, 5.74) is 0.379. The molecule has 2 N–H and O–H groups in total. The summed E-state index contributed by atoms with van der Waals surface area (Å²) in [5.74, 6) is 1.11. The van der Waals surface area contributed by atoms with Gasteiger partial charge in [-0.05, 0) is 43.2 Å². The molecule has 1 aromatic rings. The molecule has 4 nitrogen and oxygen atoms in total. The third kappa shape index (κ3) is 2.35. The topological polar surface area (TPSA) is 62.2 Å². The van der Waals surface area contributed by atoms with E-state index < -0.39 is 0 Å². The van der Waals surface area contributed by atoms with Crippen LogP contribution in [0, 0.1) is 17.8 Å². The molecular weight excluding hydrogens is 264 g/mol. The number of aliphatic hydroxyl groups is 1. The molecule has 0 spiro atoms. The molecule has 102 valence electrons. The fourth-order valence-corrected chi connectivity index (χ4v) is 3.75. The van der Waals surface area contributed by atoms with Crippen molar-refractivity contribution in [1.29, 1.82) is 0 Å². The summed E-state index contributed by atoms with van der Waals surface area (Å²) in [7, 11) is 0. The lowest BCUT2D eigenvalue weighted by Gasteiger charge is -2.30. The van der Waals surface area contributed by atoms with Gasteiger partial charge in [0.15, 0.2) is 0 Å². The molecule has 0 aromatic carbocycles. The van der Waals surface area contributed by atoms with E-state index in [-0.39, 0.29) is 24.5 Å². The maximum Gasteiger partial charge on any atom is 0.270 e. The Morgan fingerprint density at radius 2 is 2.21 bits per heavy atom. The van der Waals surface area contributed by atoms with Gasteiger partial charge in [0.1, 0.15) is 5.69 Å². The molecule has 0 aliphatic heterocycles. The second-order valence-electron chi connectivity index (χ2n) is 5.54. The number of hydrogen-bond donors (Lipinski definition) is 2. The van der Waals surface area contributed by atoms with Crippen LogP contribution in [0.4, 0.5) is 0 Å². The third-order valence-electron chi connectivity index (χ3n) is 4.56. The van der Waals surface area contributed by atoms with Gasteiger partial charge < -0.3 is 10.4 Å². The first-order valence-corrected chi connectivity index (χ1v) is 7.10. The van der Waals surface area contributed by atoms with Crippen LogP contribution in [0.25, 0.3) is 0 Å². The normalized spacial score (nSPS) is 32.5. The van der Waals surface area contributed by atoms with Gasteiger partial charge in [0.25, 0.3) is 5.91 Å². The van der Waals surface area contributed by atoms with Gasteiger partial charge in [0.05, 0.1) is 5.02 Å². The van der Waals surface area contributed by atoms with Crippen molar-refractivity contribution in [2.45, 2.75) is 25.3 Å². The van der Waals surface area contributed by atoms with E-state index in [0.717, 1.165) is 12.8 Å². The summed E-state index contributed by atoms with van der Waals surface area (Å²) < 4.78 is 0. The van der Waals surface area contributed by atoms with Gasteiger partial charge in [0.2, 0.25) is 0 Å². The first-order chi connectivity index (χ1) is 9.19. The van der Waals surface area contributed by atoms with Crippen LogP contribution < -0.4 is 5.32 Å². The van der Waals surface area contributed by atoms with Crippen LogP contribution >= 0.6 is 11.6 Å². The molecule has 0 saturated heterocycles. The Bertz CT molecular complexity index is 477. The number of hydrogen-bond acceptors (Lipinski definition) is 3. The van der Waals surface area contributed by atoms with E-state index in [1.54, 1.807) is 12.1 Å². The maximum atomic E-state index is 12.2. The van der Waals surface area contributed by atoms with Crippen LogP contribution in [0.5, 0.6) is 0 Å². The number of nitrogens with zero attached hydrogens (tertiary/aromatic N) is 1. The predicted molar refractivity (Wildman–Crippen MR) is 71.9 cm³/mol. The average molecular weight is 281 g/mol. The van der Waals surface area contributed by atoms with E-state index in [2.05, 4.69) is 10.3 Å². The van der Waals surface area contributed by atoms with E-state index in [1.165, 1.54) is 12.6 Å². The molecule has 2 saturated carbocycles. The summed E-state index contributed by atoms with van der Waals surface area (Å²) in [4.78, 5) is 16.2. The van der Waals surface area contributed by atoms with Gasteiger partial charge in [-0.25, -0.2) is 4.98 Å². The first-order valence-electron chi connectivity index (χ1n) is 6.72. The minimum Gasteiger partial charge on any atom is -0.396 e. The smallest absolute Gasteiger partial charge is 0.270 e. The summed E-state index contributed by atoms with van der Waals surface area (Å²) >= 11 is 5.76. The number of aliphatic hydroxyl groups excluding tert-OH is 1. The summed E-state index contributed by atoms with van der Waals surface area (Å²) in [6.45, 7) is 0.153. The fourth-order valence-electron chi connectivity index (χ4n) is 3.63. The molecule has 2 aliphatic rings. The number of nitrogens with one attached hydrogen (secondary N) is 1. The maximum absolute atomic E-state index is 12.2. The van der Waals surface area contributed by atoms with E-state index in [0.29, 0.717) is 22.6 Å². The van der Waals surface area contributed by atoms with Crippen LogP contribution in [-0.2, 0) is 0 Å². The van der Waals surface area contributed by atoms with Crippen molar-refractivity contribution >= 4 is 17.5 Å². The van der Waals surface area contributed by atoms with E-state index in [9.17, 15) is 9.90 Å². The zero-order valence-electron chi connectivity index (χ0n) is 10.6. The molecule has 1 heterocycles. The number of amides is 1. The van der Waals surface area contributed by atoms with Gasteiger partial charge >= 0.3 is 0 Å². The summed E-state index contributed by atoms with van der Waals surface area (Å²) in [5, 5.41) is 13.1. The molecule has 1 aromatic heterocycles. The summed E-state index contributed by atoms with van der Waals surface area (Å²) in [6.07, 6.45) is 4.94. The van der Waals surface area contributed by atoms with Gasteiger partial charge in [-0.1, -0.05) is 11.6 Å². The predicted octanol–water partition coefficient (Wildman–Crippen LogP) is 1.87. The highest BCUT2D eigenvalue weighted by Crippen LogP contribution is 2.48. The second-order valence-corrected chi connectivity index (χ2v) is 5.98. The SMILES string of the molecule is O=C(NC1C2CCC(C2)C1CO)c1ccc(Cl)cn1. The van der Waals surface area contributed by atoms with Crippen LogP contribution in [0.2, 0.25) is 5.02 Å². The zero-order chi connectivity index (χ0) is 13.4. The lowest BCUT2D eigenvalue weighted by Crippen LogP contribution is -2.45. The Balaban J connectivity index is 1.71. The van der Waals surface area contributed by atoms with Gasteiger partial charge in [-0.3, -0.25) is 4.79 Å². The standard InChI is InChI=1S/C14H17ClN2O2/c15-10-3-4-12(16-6-10)14(19)17-13-9-2-1-8(5-9)11(13)7-18/h3-4,6,8-9,11,13,18H,1-2,5,7H2,(H,17,19). The highest BCUT2D eigenvalue weighted by Gasteiger charge is 2.47. The number of carbonyl (C=O) groups is 1. The third-order valence-corrected chi connectivity index (χ3v) is 4.78. The van der Waals surface area contributed by atoms with Gasteiger partial charge in [-0.2, -0.15) is 0 Å². The minimum absolute atomic E-state index is 0.0914. The Hall–Kier alpha value is -1.13. The van der Waals surface area contributed by atoms with Crippen molar-refractivity contribution < 1.29 is 9.90 Å². The molecule has 2 fully saturated rings. The van der Waals surface area contributed by atoms with Crippen LogP contribution in [-0.4, -0.2) is 28.6 Å². The number of aromatic nitrogens is 1. The number of fused-ring (bicyclic) bond motifs is 2. The molecule has 3 rings (SSSR count). The lowest BCUT2D eigenvalue weighted by molar-refractivity contribution is 0.0856. The molecule has 19 heavy (non-hydrogen) atoms. The van der Waals surface area contributed by atoms with Crippen LogP contribution in [0.15, 0.2) is 18.3 Å². The number of carbonyl (C=O) groups excluding carboxylic acids is 1. The van der Waals surface area contributed by atoms with Crippen molar-refractivity contribution in [3.8, 4) is 0 Å². The van der Waals surface area contributed by atoms with E-state index >= 15 is 0 Å². The van der Waals surface area contributed by atoms with Crippen molar-refractivity contribution in [1.82, 2.24) is 10.3 Å². The quantitative estimate of drug-likeness (QED) is 0.888. The van der Waals surface area contributed by atoms with Crippen molar-refractivity contribution in [3.05, 3.63) is 29.0 Å². The molecule has 4 unspecified atom stereocenters. The fraction of sp³-hybridized carbons (Fsp3) is 0.571. The van der Waals surface area contributed by atoms with Crippen molar-refractivity contribution in [2.75, 3.05) is 6.61 Å². The molecule has 1 amide bonds. The van der Waals surface area contributed by atoms with Gasteiger partial charge in [-0.15, -0.1) is 0 Å². The number of halogens is 1. The highest BCUT2D eigenvalue weighted by molar-refractivity contribution is 6.30. The Kier molecular flexibility index (Phi) is 3.46. The average Bonchev–Trinajstić information content (AvgIpc) is 3.00. The minimum atomic E-state index is -0.173. The Labute approximate surface area is 117 Å². The van der Waals surface area contributed by atoms with Gasteiger partial charge in [0, 0.05) is 24.8 Å². The molecule has 4 atom stereocenters.